The summed E-state index contributed by atoms with van der Waals surface area (Å²) >= 11 is 0. The van der Waals surface area contributed by atoms with Crippen LogP contribution in [0.25, 0.3) is 0 Å². The van der Waals surface area contributed by atoms with Crippen LogP contribution in [0.1, 0.15) is 26.3 Å². The van der Waals surface area contributed by atoms with Gasteiger partial charge in [0.15, 0.2) is 0 Å². The molecule has 24 heavy (non-hydrogen) atoms. The smallest absolute Gasteiger partial charge is 0.317 e. The van der Waals surface area contributed by atoms with Crippen LogP contribution in [-0.2, 0) is 11.2 Å². The predicted molar refractivity (Wildman–Crippen MR) is 91.1 cm³/mol. The number of hydrogen-bond donors (Lipinski definition) is 1. The molecular formula is C18H26FN3O2. The minimum absolute atomic E-state index is 0.119. The fourth-order valence-electron chi connectivity index (χ4n) is 2.71. The van der Waals surface area contributed by atoms with Crippen molar-refractivity contribution in [3.05, 3.63) is 35.6 Å². The van der Waals surface area contributed by atoms with Crippen molar-refractivity contribution in [2.75, 3.05) is 32.7 Å². The molecule has 0 aromatic heterocycles. The summed E-state index contributed by atoms with van der Waals surface area (Å²) < 4.78 is 13.1. The zero-order chi connectivity index (χ0) is 17.7. The van der Waals surface area contributed by atoms with Gasteiger partial charge in [-0.3, -0.25) is 4.79 Å². The summed E-state index contributed by atoms with van der Waals surface area (Å²) in [6, 6.07) is 6.25. The van der Waals surface area contributed by atoms with Gasteiger partial charge in [0.05, 0.1) is 0 Å². The second-order valence-electron chi connectivity index (χ2n) is 7.14. The molecule has 0 saturated carbocycles. The first-order valence-corrected chi connectivity index (χ1v) is 8.34. The summed E-state index contributed by atoms with van der Waals surface area (Å²) in [5.41, 5.74) is 0.464. The van der Waals surface area contributed by atoms with Gasteiger partial charge in [-0.1, -0.05) is 32.9 Å². The van der Waals surface area contributed by atoms with Crippen LogP contribution in [0.4, 0.5) is 9.18 Å². The van der Waals surface area contributed by atoms with E-state index in [1.54, 1.807) is 11.0 Å². The molecule has 0 aliphatic carbocycles. The SMILES string of the molecule is CC(C)(C)C(=O)N1CCN(C(=O)NCCc2cccc(F)c2)CC1. The molecule has 1 saturated heterocycles. The second kappa shape index (κ2) is 7.64. The maximum Gasteiger partial charge on any atom is 0.317 e. The van der Waals surface area contributed by atoms with Gasteiger partial charge >= 0.3 is 6.03 Å². The second-order valence-corrected chi connectivity index (χ2v) is 7.14. The number of piperazine rings is 1. The molecule has 1 aromatic carbocycles. The van der Waals surface area contributed by atoms with E-state index < -0.39 is 5.41 Å². The summed E-state index contributed by atoms with van der Waals surface area (Å²) in [6.07, 6.45) is 0.589. The number of nitrogens with one attached hydrogen (secondary N) is 1. The molecule has 1 aliphatic heterocycles. The van der Waals surface area contributed by atoms with Crippen LogP contribution in [0, 0.1) is 11.2 Å². The van der Waals surface area contributed by atoms with Gasteiger partial charge < -0.3 is 15.1 Å². The van der Waals surface area contributed by atoms with Crippen LogP contribution in [-0.4, -0.2) is 54.5 Å². The molecule has 1 aliphatic rings. The standard InChI is InChI=1S/C18H26FN3O2/c1-18(2,3)16(23)21-9-11-22(12-10-21)17(24)20-8-7-14-5-4-6-15(19)13-14/h4-6,13H,7-12H2,1-3H3,(H,20,24). The highest BCUT2D eigenvalue weighted by molar-refractivity contribution is 5.82. The van der Waals surface area contributed by atoms with Crippen LogP contribution >= 0.6 is 0 Å². The Bertz CT molecular complexity index is 590. The summed E-state index contributed by atoms with van der Waals surface area (Å²) in [7, 11) is 0. The molecule has 1 aromatic rings. The molecule has 1 fully saturated rings. The quantitative estimate of drug-likeness (QED) is 0.921. The van der Waals surface area contributed by atoms with E-state index in [9.17, 15) is 14.0 Å². The number of carbonyl (C=O) groups is 2. The lowest BCUT2D eigenvalue weighted by molar-refractivity contribution is -0.140. The Kier molecular flexibility index (Phi) is 5.80. The molecule has 0 spiro atoms. The summed E-state index contributed by atoms with van der Waals surface area (Å²) in [5.74, 6) is -0.146. The Morgan fingerprint density at radius 3 is 2.33 bits per heavy atom. The molecular weight excluding hydrogens is 309 g/mol. The van der Waals surface area contributed by atoms with Crippen molar-refractivity contribution in [2.45, 2.75) is 27.2 Å². The van der Waals surface area contributed by atoms with E-state index in [1.165, 1.54) is 12.1 Å². The van der Waals surface area contributed by atoms with Gasteiger partial charge in [-0.15, -0.1) is 0 Å². The molecule has 1 N–H and O–H groups in total. The first-order valence-electron chi connectivity index (χ1n) is 8.34. The summed E-state index contributed by atoms with van der Waals surface area (Å²) in [6.45, 7) is 8.37. The average molecular weight is 335 g/mol. The number of rotatable bonds is 3. The third kappa shape index (κ3) is 4.94. The Hall–Kier alpha value is -2.11. The molecule has 3 amide bonds. The Morgan fingerprint density at radius 2 is 1.75 bits per heavy atom. The Morgan fingerprint density at radius 1 is 1.12 bits per heavy atom. The van der Waals surface area contributed by atoms with E-state index in [2.05, 4.69) is 5.32 Å². The highest BCUT2D eigenvalue weighted by Gasteiger charge is 2.30. The molecule has 5 nitrogen and oxygen atoms in total. The number of benzene rings is 1. The summed E-state index contributed by atoms with van der Waals surface area (Å²) in [4.78, 5) is 27.9. The van der Waals surface area contributed by atoms with E-state index in [4.69, 9.17) is 0 Å². The van der Waals surface area contributed by atoms with Crippen molar-refractivity contribution in [3.63, 3.8) is 0 Å². The third-order valence-electron chi connectivity index (χ3n) is 4.07. The molecule has 1 heterocycles. The van der Waals surface area contributed by atoms with Crippen molar-refractivity contribution in [2.24, 2.45) is 5.41 Å². The van der Waals surface area contributed by atoms with Crippen molar-refractivity contribution in [1.82, 2.24) is 15.1 Å². The van der Waals surface area contributed by atoms with E-state index in [0.29, 0.717) is 39.1 Å². The molecule has 0 unspecified atom stereocenters. The van der Waals surface area contributed by atoms with E-state index in [-0.39, 0.29) is 17.8 Å². The minimum Gasteiger partial charge on any atom is -0.339 e. The van der Waals surface area contributed by atoms with E-state index in [0.717, 1.165) is 5.56 Å². The van der Waals surface area contributed by atoms with Gasteiger partial charge in [0, 0.05) is 38.1 Å². The van der Waals surface area contributed by atoms with Crippen molar-refractivity contribution in [1.29, 1.82) is 0 Å². The molecule has 0 radical (unpaired) electrons. The maximum atomic E-state index is 13.1. The van der Waals surface area contributed by atoms with Gasteiger partial charge in [0.1, 0.15) is 5.82 Å². The molecule has 0 bridgehead atoms. The van der Waals surface area contributed by atoms with Crippen LogP contribution in [0.3, 0.4) is 0 Å². The number of urea groups is 1. The number of halogens is 1. The molecule has 6 heteroatoms. The Balaban J connectivity index is 1.74. The van der Waals surface area contributed by atoms with Crippen LogP contribution in [0.2, 0.25) is 0 Å². The normalized spacial score (nSPS) is 15.3. The van der Waals surface area contributed by atoms with Crippen LogP contribution in [0.5, 0.6) is 0 Å². The van der Waals surface area contributed by atoms with E-state index >= 15 is 0 Å². The van der Waals surface area contributed by atoms with Crippen molar-refractivity contribution >= 4 is 11.9 Å². The van der Waals surface area contributed by atoms with Gasteiger partial charge in [-0.2, -0.15) is 0 Å². The Labute approximate surface area is 142 Å². The van der Waals surface area contributed by atoms with Gasteiger partial charge in [-0.25, -0.2) is 9.18 Å². The van der Waals surface area contributed by atoms with Crippen LogP contribution in [0.15, 0.2) is 24.3 Å². The largest absolute Gasteiger partial charge is 0.339 e. The third-order valence-corrected chi connectivity index (χ3v) is 4.07. The first-order chi connectivity index (χ1) is 11.3. The predicted octanol–water partition coefficient (Wildman–Crippen LogP) is 2.27. The monoisotopic (exact) mass is 335 g/mol. The lowest BCUT2D eigenvalue weighted by Crippen LogP contribution is -2.55. The van der Waals surface area contributed by atoms with Gasteiger partial charge in [0.2, 0.25) is 5.91 Å². The summed E-state index contributed by atoms with van der Waals surface area (Å²) in [5, 5.41) is 2.86. The van der Waals surface area contributed by atoms with Gasteiger partial charge in [-0.05, 0) is 24.1 Å². The van der Waals surface area contributed by atoms with E-state index in [1.807, 2.05) is 31.7 Å². The zero-order valence-corrected chi connectivity index (χ0v) is 14.6. The molecule has 2 rings (SSSR count). The molecule has 0 atom stereocenters. The lowest BCUT2D eigenvalue weighted by atomic mass is 9.94. The topological polar surface area (TPSA) is 52.7 Å². The average Bonchev–Trinajstić information content (AvgIpc) is 2.53. The van der Waals surface area contributed by atoms with Gasteiger partial charge in [0.25, 0.3) is 0 Å². The van der Waals surface area contributed by atoms with Crippen molar-refractivity contribution in [3.8, 4) is 0 Å². The lowest BCUT2D eigenvalue weighted by Gasteiger charge is -2.37. The zero-order valence-electron chi connectivity index (χ0n) is 14.6. The fraction of sp³-hybridized carbons (Fsp3) is 0.556. The van der Waals surface area contributed by atoms with Crippen LogP contribution < -0.4 is 5.32 Å². The minimum atomic E-state index is -0.393. The number of hydrogen-bond acceptors (Lipinski definition) is 2. The first kappa shape index (κ1) is 18.2. The fourth-order valence-corrected chi connectivity index (χ4v) is 2.71. The maximum absolute atomic E-state index is 13.1. The highest BCUT2D eigenvalue weighted by atomic mass is 19.1. The number of nitrogens with zero attached hydrogens (tertiary/aromatic N) is 2. The highest BCUT2D eigenvalue weighted by Crippen LogP contribution is 2.18. The number of carbonyl (C=O) groups excluding carboxylic acids is 2. The van der Waals surface area contributed by atoms with Crippen molar-refractivity contribution < 1.29 is 14.0 Å². The number of amides is 3. The molecule has 132 valence electrons.